The number of aromatic nitrogens is 1. The molecule has 0 unspecified atom stereocenters. The third-order valence-electron chi connectivity index (χ3n) is 7.59. The van der Waals surface area contributed by atoms with Gasteiger partial charge in [-0.15, -0.1) is 0 Å². The second-order valence-electron chi connectivity index (χ2n) is 11.0. The quantitative estimate of drug-likeness (QED) is 0.150. The minimum atomic E-state index is -1.09. The molecule has 5 N–H and O–H groups in total. The summed E-state index contributed by atoms with van der Waals surface area (Å²) in [4.78, 5) is 74.0. The Hall–Kier alpha value is -4.68. The van der Waals surface area contributed by atoms with Crippen LogP contribution in [0.15, 0.2) is 40.5 Å². The predicted molar refractivity (Wildman–Crippen MR) is 165 cm³/mol. The Kier molecular flexibility index (Phi) is 11.7. The van der Waals surface area contributed by atoms with Crippen LogP contribution in [0.5, 0.6) is 5.75 Å². The van der Waals surface area contributed by atoms with E-state index in [-0.39, 0.29) is 29.3 Å². The van der Waals surface area contributed by atoms with Crippen LogP contribution in [0.25, 0.3) is 10.9 Å². The van der Waals surface area contributed by atoms with Gasteiger partial charge in [0.25, 0.3) is 5.91 Å². The molecule has 2 atom stereocenters. The molecular formula is C31H42N6O7. The zero-order valence-corrected chi connectivity index (χ0v) is 26.1. The van der Waals surface area contributed by atoms with E-state index in [2.05, 4.69) is 20.6 Å². The lowest BCUT2D eigenvalue weighted by molar-refractivity contribution is -0.149. The van der Waals surface area contributed by atoms with Gasteiger partial charge in [0.1, 0.15) is 11.4 Å². The lowest BCUT2D eigenvalue weighted by Gasteiger charge is -2.36. The Morgan fingerprint density at radius 1 is 1.20 bits per heavy atom. The maximum atomic E-state index is 13.6. The second-order valence-corrected chi connectivity index (χ2v) is 11.0. The number of ether oxygens (including phenoxy) is 2. The molecule has 3 rings (SSSR count). The molecule has 2 aromatic rings. The van der Waals surface area contributed by atoms with E-state index in [0.29, 0.717) is 35.3 Å². The van der Waals surface area contributed by atoms with Crippen molar-refractivity contribution in [2.45, 2.75) is 59.0 Å². The van der Waals surface area contributed by atoms with Gasteiger partial charge in [-0.25, -0.2) is 4.79 Å². The molecule has 0 radical (unpaired) electrons. The van der Waals surface area contributed by atoms with Gasteiger partial charge in [-0.1, -0.05) is 6.07 Å². The van der Waals surface area contributed by atoms with Gasteiger partial charge in [0.05, 0.1) is 25.3 Å². The van der Waals surface area contributed by atoms with E-state index in [0.717, 1.165) is 6.42 Å². The van der Waals surface area contributed by atoms with Gasteiger partial charge in [-0.3, -0.25) is 24.2 Å². The number of methoxy groups -OCH3 is 1. The monoisotopic (exact) mass is 610 g/mol. The van der Waals surface area contributed by atoms with Crippen LogP contribution in [0.4, 0.5) is 0 Å². The van der Waals surface area contributed by atoms with Crippen LogP contribution >= 0.6 is 0 Å². The van der Waals surface area contributed by atoms with E-state index < -0.39 is 54.7 Å². The van der Waals surface area contributed by atoms with Crippen molar-refractivity contribution in [1.82, 2.24) is 20.5 Å². The predicted octanol–water partition coefficient (Wildman–Crippen LogP) is 1.86. The van der Waals surface area contributed by atoms with Crippen molar-refractivity contribution >= 4 is 46.1 Å². The van der Waals surface area contributed by atoms with Gasteiger partial charge in [0.2, 0.25) is 11.8 Å². The van der Waals surface area contributed by atoms with Crippen molar-refractivity contribution in [1.29, 1.82) is 0 Å². The molecule has 13 nitrogen and oxygen atoms in total. The van der Waals surface area contributed by atoms with E-state index in [9.17, 15) is 24.0 Å². The summed E-state index contributed by atoms with van der Waals surface area (Å²) in [5.74, 6) is -2.57. The highest BCUT2D eigenvalue weighted by atomic mass is 16.5. The first-order valence-electron chi connectivity index (χ1n) is 14.5. The molecule has 0 saturated carbocycles. The van der Waals surface area contributed by atoms with Gasteiger partial charge in [-0.2, -0.15) is 0 Å². The largest absolute Gasteiger partial charge is 0.496 e. The highest BCUT2D eigenvalue weighted by Gasteiger charge is 2.37. The number of hydrogen-bond donors (Lipinski definition) is 4. The maximum Gasteiger partial charge on any atom is 0.342 e. The molecule has 1 aliphatic heterocycles. The number of carbonyl (C=O) groups is 5. The molecule has 1 aromatic carbocycles. The number of ketones is 1. The molecular weight excluding hydrogens is 568 g/mol. The fraction of sp³-hybridized carbons (Fsp3) is 0.484. The number of allylic oxidation sites excluding steroid dienone is 1. The summed E-state index contributed by atoms with van der Waals surface area (Å²) in [5, 5.41) is 6.14. The summed E-state index contributed by atoms with van der Waals surface area (Å²) in [6.45, 7) is 6.07. The molecule has 1 fully saturated rings. The average molecular weight is 611 g/mol. The van der Waals surface area contributed by atoms with Crippen molar-refractivity contribution in [2.75, 3.05) is 33.9 Å². The number of benzene rings is 1. The van der Waals surface area contributed by atoms with Crippen LogP contribution in [-0.4, -0.2) is 91.0 Å². The number of hydrogen-bond acceptors (Lipinski definition) is 9. The number of piperidine rings is 1. The lowest BCUT2D eigenvalue weighted by atomic mass is 9.89. The summed E-state index contributed by atoms with van der Waals surface area (Å²) in [7, 11) is 3.04. The van der Waals surface area contributed by atoms with E-state index in [4.69, 9.17) is 15.2 Å². The van der Waals surface area contributed by atoms with Crippen LogP contribution in [0.3, 0.4) is 0 Å². The molecule has 1 aliphatic rings. The standard InChI is InChI=1S/C31H42N6O7/c1-17(2)37(27(39)15-35-30(41)23-14-21-22(36-23)10-7-11-26(21)43-6)24(13-20-9-8-12-34-29(20)40)25(38)16-44-31(42)28(18(3)32)19(4)33-5/h7,10-11,14,17,20,24,36H,8-9,12-13,15-16,32H2,1-6H3,(H,34,40)(H,35,41)/t20-,24-/m0/s1. The number of carbonyl (C=O) groups excluding carboxylic acids is 5. The van der Waals surface area contributed by atoms with Crippen LogP contribution < -0.4 is 21.1 Å². The summed E-state index contributed by atoms with van der Waals surface area (Å²) in [6.07, 6.45) is 1.31. The maximum absolute atomic E-state index is 13.6. The summed E-state index contributed by atoms with van der Waals surface area (Å²) in [5.41, 5.74) is 7.37. The van der Waals surface area contributed by atoms with Crippen LogP contribution in [0.1, 0.15) is 57.4 Å². The van der Waals surface area contributed by atoms with E-state index >= 15 is 0 Å². The molecule has 2 heterocycles. The average Bonchev–Trinajstić information content (AvgIpc) is 3.43. The van der Waals surface area contributed by atoms with E-state index in [1.807, 2.05) is 0 Å². The highest BCUT2D eigenvalue weighted by Crippen LogP contribution is 2.26. The Morgan fingerprint density at radius 3 is 2.55 bits per heavy atom. The van der Waals surface area contributed by atoms with Crippen molar-refractivity contribution < 1.29 is 33.4 Å². The number of nitrogens with one attached hydrogen (secondary N) is 3. The zero-order valence-electron chi connectivity index (χ0n) is 26.1. The van der Waals surface area contributed by atoms with Crippen LogP contribution in [0, 0.1) is 5.92 Å². The van der Waals surface area contributed by atoms with E-state index in [1.165, 1.54) is 26.0 Å². The van der Waals surface area contributed by atoms with Gasteiger partial charge >= 0.3 is 5.97 Å². The third-order valence-corrected chi connectivity index (χ3v) is 7.59. The molecule has 1 saturated heterocycles. The van der Waals surface area contributed by atoms with Crippen molar-refractivity contribution in [2.24, 2.45) is 16.6 Å². The molecule has 0 aliphatic carbocycles. The topological polar surface area (TPSA) is 185 Å². The SMILES string of the molecule is CN=C(C)C(C(=O)OCC(=O)[C@H](C[C@@H]1CCCNC1=O)N(C(=O)CNC(=O)c1cc2c(OC)cccc2[nH]1)C(C)C)=C(C)N. The summed E-state index contributed by atoms with van der Waals surface area (Å²) >= 11 is 0. The smallest absolute Gasteiger partial charge is 0.342 e. The van der Waals surface area contributed by atoms with Crippen molar-refractivity contribution in [3.8, 4) is 5.75 Å². The Balaban J connectivity index is 1.81. The minimum absolute atomic E-state index is 0.0377. The Labute approximate surface area is 256 Å². The third kappa shape index (κ3) is 8.03. The first kappa shape index (κ1) is 33.8. The normalized spacial score (nSPS) is 16.6. The number of aliphatic imine (C=N–C) groups is 1. The molecule has 238 valence electrons. The Morgan fingerprint density at radius 2 is 1.93 bits per heavy atom. The summed E-state index contributed by atoms with van der Waals surface area (Å²) < 4.78 is 10.7. The number of esters is 1. The number of fused-ring (bicyclic) bond motifs is 1. The van der Waals surface area contributed by atoms with Crippen LogP contribution in [-0.2, 0) is 23.9 Å². The minimum Gasteiger partial charge on any atom is -0.496 e. The number of H-pyrrole nitrogens is 1. The van der Waals surface area contributed by atoms with Gasteiger partial charge < -0.3 is 35.7 Å². The molecule has 0 spiro atoms. The lowest BCUT2D eigenvalue weighted by Crippen LogP contribution is -2.54. The highest BCUT2D eigenvalue weighted by molar-refractivity contribution is 6.19. The van der Waals surface area contributed by atoms with Gasteiger partial charge in [0.15, 0.2) is 12.4 Å². The number of amides is 3. The fourth-order valence-corrected chi connectivity index (χ4v) is 5.33. The first-order chi connectivity index (χ1) is 20.9. The molecule has 44 heavy (non-hydrogen) atoms. The van der Waals surface area contributed by atoms with E-state index in [1.54, 1.807) is 45.0 Å². The first-order valence-corrected chi connectivity index (χ1v) is 14.5. The Bertz CT molecular complexity index is 1470. The van der Waals surface area contributed by atoms with Crippen LogP contribution in [0.2, 0.25) is 0 Å². The molecule has 0 bridgehead atoms. The zero-order chi connectivity index (χ0) is 32.6. The number of nitrogens with zero attached hydrogens (tertiary/aromatic N) is 2. The number of Topliss-reactive ketones (excluding diaryl/α,β-unsaturated/α-hetero) is 1. The summed E-state index contributed by atoms with van der Waals surface area (Å²) in [6, 6.07) is 5.42. The number of aromatic amines is 1. The number of rotatable bonds is 13. The van der Waals surface area contributed by atoms with Crippen molar-refractivity contribution in [3.63, 3.8) is 0 Å². The second kappa shape index (κ2) is 15.2. The number of nitrogens with two attached hydrogens (primary N) is 1. The fourth-order valence-electron chi connectivity index (χ4n) is 5.33. The van der Waals surface area contributed by atoms with Crippen molar-refractivity contribution in [3.05, 3.63) is 41.2 Å². The molecule has 3 amide bonds. The van der Waals surface area contributed by atoms with Gasteiger partial charge in [0, 0.05) is 47.9 Å². The molecule has 13 heteroatoms. The molecule has 1 aromatic heterocycles. The van der Waals surface area contributed by atoms with Gasteiger partial charge in [-0.05, 0) is 65.2 Å².